The lowest BCUT2D eigenvalue weighted by atomic mass is 9.94. The smallest absolute Gasteiger partial charge is 0.0841 e. The molecule has 1 aliphatic rings. The van der Waals surface area contributed by atoms with Crippen LogP contribution in [0.1, 0.15) is 42.8 Å². The SMILES string of the molecule is CCn1nnc(C)c1CN1CCCC(c2ccnn2C)C1. The van der Waals surface area contributed by atoms with Gasteiger partial charge in [0.25, 0.3) is 0 Å². The second kappa shape index (κ2) is 5.97. The lowest BCUT2D eigenvalue weighted by Crippen LogP contribution is -2.35. The molecule has 0 aromatic carbocycles. The van der Waals surface area contributed by atoms with Gasteiger partial charge in [-0.15, -0.1) is 5.10 Å². The maximum atomic E-state index is 4.31. The van der Waals surface area contributed by atoms with Gasteiger partial charge in [-0.05, 0) is 39.3 Å². The van der Waals surface area contributed by atoms with Gasteiger partial charge in [-0.3, -0.25) is 9.58 Å². The van der Waals surface area contributed by atoms with Gasteiger partial charge in [-0.2, -0.15) is 5.10 Å². The molecule has 0 radical (unpaired) electrons. The summed E-state index contributed by atoms with van der Waals surface area (Å²) in [5, 5.41) is 12.7. The molecule has 2 aromatic heterocycles. The molecule has 1 fully saturated rings. The number of piperidine rings is 1. The van der Waals surface area contributed by atoms with Crippen molar-refractivity contribution in [1.82, 2.24) is 29.7 Å². The molecule has 0 amide bonds. The zero-order valence-electron chi connectivity index (χ0n) is 13.2. The first-order valence-electron chi connectivity index (χ1n) is 7.78. The molecule has 1 atom stereocenters. The number of rotatable bonds is 4. The zero-order valence-corrected chi connectivity index (χ0v) is 13.2. The highest BCUT2D eigenvalue weighted by atomic mass is 15.4. The number of nitrogens with zero attached hydrogens (tertiary/aromatic N) is 6. The highest BCUT2D eigenvalue weighted by molar-refractivity contribution is 5.11. The van der Waals surface area contributed by atoms with E-state index in [1.807, 2.05) is 22.6 Å². The number of hydrogen-bond donors (Lipinski definition) is 0. The fourth-order valence-corrected chi connectivity index (χ4v) is 3.31. The van der Waals surface area contributed by atoms with E-state index in [2.05, 4.69) is 40.2 Å². The number of aryl methyl sites for hydroxylation is 3. The lowest BCUT2D eigenvalue weighted by molar-refractivity contribution is 0.191. The molecule has 21 heavy (non-hydrogen) atoms. The van der Waals surface area contributed by atoms with Crippen LogP contribution in [0.25, 0.3) is 0 Å². The van der Waals surface area contributed by atoms with Crippen LogP contribution in [-0.2, 0) is 20.1 Å². The van der Waals surface area contributed by atoms with Crippen molar-refractivity contribution in [2.75, 3.05) is 13.1 Å². The molecule has 3 rings (SSSR count). The van der Waals surface area contributed by atoms with E-state index in [-0.39, 0.29) is 0 Å². The van der Waals surface area contributed by atoms with Gasteiger partial charge in [0, 0.05) is 44.5 Å². The Balaban J connectivity index is 1.72. The fourth-order valence-electron chi connectivity index (χ4n) is 3.31. The van der Waals surface area contributed by atoms with E-state index in [0.29, 0.717) is 5.92 Å². The second-order valence-corrected chi connectivity index (χ2v) is 5.89. The predicted molar refractivity (Wildman–Crippen MR) is 80.9 cm³/mol. The molecule has 0 saturated carbocycles. The van der Waals surface area contributed by atoms with Gasteiger partial charge in [0.15, 0.2) is 0 Å². The Morgan fingerprint density at radius 1 is 1.38 bits per heavy atom. The van der Waals surface area contributed by atoms with Crippen LogP contribution in [0, 0.1) is 6.92 Å². The third kappa shape index (κ3) is 2.85. The standard InChI is InChI=1S/C15H24N6/c1-4-21-15(12(2)17-18-21)11-20-9-5-6-13(10-20)14-7-8-16-19(14)3/h7-8,13H,4-6,9-11H2,1-3H3. The average molecular weight is 288 g/mol. The Morgan fingerprint density at radius 2 is 2.24 bits per heavy atom. The summed E-state index contributed by atoms with van der Waals surface area (Å²) in [6.07, 6.45) is 4.39. The van der Waals surface area contributed by atoms with E-state index >= 15 is 0 Å². The first-order valence-corrected chi connectivity index (χ1v) is 7.78. The number of likely N-dealkylation sites (tertiary alicyclic amines) is 1. The number of hydrogen-bond acceptors (Lipinski definition) is 4. The zero-order chi connectivity index (χ0) is 14.8. The molecule has 1 saturated heterocycles. The van der Waals surface area contributed by atoms with E-state index in [0.717, 1.165) is 31.9 Å². The summed E-state index contributed by atoms with van der Waals surface area (Å²) in [5.41, 5.74) is 3.65. The van der Waals surface area contributed by atoms with Crippen molar-refractivity contribution in [3.8, 4) is 0 Å². The van der Waals surface area contributed by atoms with Crippen molar-refractivity contribution in [2.45, 2.75) is 45.7 Å². The van der Waals surface area contributed by atoms with Gasteiger partial charge < -0.3 is 0 Å². The Bertz CT molecular complexity index is 599. The predicted octanol–water partition coefficient (Wildman–Crippen LogP) is 1.72. The van der Waals surface area contributed by atoms with Crippen molar-refractivity contribution < 1.29 is 0 Å². The molecule has 1 aliphatic heterocycles. The van der Waals surface area contributed by atoms with Crippen molar-refractivity contribution in [2.24, 2.45) is 7.05 Å². The first kappa shape index (κ1) is 14.3. The summed E-state index contributed by atoms with van der Waals surface area (Å²) >= 11 is 0. The Labute approximate surface area is 125 Å². The fraction of sp³-hybridized carbons (Fsp3) is 0.667. The quantitative estimate of drug-likeness (QED) is 0.859. The van der Waals surface area contributed by atoms with Crippen LogP contribution in [0.3, 0.4) is 0 Å². The molecule has 114 valence electrons. The molecule has 6 heteroatoms. The molecule has 6 nitrogen and oxygen atoms in total. The summed E-state index contributed by atoms with van der Waals surface area (Å²) in [6.45, 7) is 8.25. The lowest BCUT2D eigenvalue weighted by Gasteiger charge is -2.32. The first-order chi connectivity index (χ1) is 10.2. The van der Waals surface area contributed by atoms with Crippen molar-refractivity contribution in [3.63, 3.8) is 0 Å². The molecule has 1 unspecified atom stereocenters. The van der Waals surface area contributed by atoms with Crippen molar-refractivity contribution in [3.05, 3.63) is 29.3 Å². The average Bonchev–Trinajstić information content (AvgIpc) is 3.06. The third-order valence-corrected chi connectivity index (χ3v) is 4.49. The Kier molecular flexibility index (Phi) is 4.05. The van der Waals surface area contributed by atoms with Gasteiger partial charge in [0.05, 0.1) is 11.4 Å². The summed E-state index contributed by atoms with van der Waals surface area (Å²) in [4.78, 5) is 2.53. The topological polar surface area (TPSA) is 51.8 Å². The van der Waals surface area contributed by atoms with E-state index in [1.165, 1.54) is 24.2 Å². The van der Waals surface area contributed by atoms with Gasteiger partial charge >= 0.3 is 0 Å². The summed E-state index contributed by atoms with van der Waals surface area (Å²) in [5.74, 6) is 0.581. The maximum Gasteiger partial charge on any atom is 0.0841 e. The maximum absolute atomic E-state index is 4.31. The molecule has 0 aliphatic carbocycles. The third-order valence-electron chi connectivity index (χ3n) is 4.49. The Morgan fingerprint density at radius 3 is 2.95 bits per heavy atom. The van der Waals surface area contributed by atoms with Gasteiger partial charge in [0.1, 0.15) is 0 Å². The van der Waals surface area contributed by atoms with E-state index in [9.17, 15) is 0 Å². The monoisotopic (exact) mass is 288 g/mol. The molecule has 0 spiro atoms. The van der Waals surface area contributed by atoms with Gasteiger partial charge in [-0.25, -0.2) is 4.68 Å². The van der Waals surface area contributed by atoms with Crippen LogP contribution in [-0.4, -0.2) is 42.8 Å². The summed E-state index contributed by atoms with van der Waals surface area (Å²) < 4.78 is 4.03. The van der Waals surface area contributed by atoms with Crippen LogP contribution >= 0.6 is 0 Å². The Hall–Kier alpha value is -1.69. The van der Waals surface area contributed by atoms with Gasteiger partial charge in [-0.1, -0.05) is 5.21 Å². The van der Waals surface area contributed by atoms with Gasteiger partial charge in [0.2, 0.25) is 0 Å². The van der Waals surface area contributed by atoms with E-state index in [4.69, 9.17) is 0 Å². The highest BCUT2D eigenvalue weighted by Gasteiger charge is 2.24. The van der Waals surface area contributed by atoms with Crippen molar-refractivity contribution in [1.29, 1.82) is 0 Å². The van der Waals surface area contributed by atoms with Crippen LogP contribution < -0.4 is 0 Å². The van der Waals surface area contributed by atoms with Crippen LogP contribution in [0.4, 0.5) is 0 Å². The summed E-state index contributed by atoms with van der Waals surface area (Å²) in [7, 11) is 2.04. The highest BCUT2D eigenvalue weighted by Crippen LogP contribution is 2.27. The minimum atomic E-state index is 0.581. The molecular formula is C15H24N6. The van der Waals surface area contributed by atoms with Crippen molar-refractivity contribution >= 4 is 0 Å². The van der Waals surface area contributed by atoms with Crippen LogP contribution in [0.5, 0.6) is 0 Å². The summed E-state index contributed by atoms with van der Waals surface area (Å²) in [6, 6.07) is 2.15. The minimum absolute atomic E-state index is 0.581. The molecule has 0 N–H and O–H groups in total. The molecule has 3 heterocycles. The van der Waals surface area contributed by atoms with E-state index in [1.54, 1.807) is 0 Å². The molecule has 0 bridgehead atoms. The largest absolute Gasteiger partial charge is 0.297 e. The number of aromatic nitrogens is 5. The molecular weight excluding hydrogens is 264 g/mol. The van der Waals surface area contributed by atoms with Crippen LogP contribution in [0.15, 0.2) is 12.3 Å². The minimum Gasteiger partial charge on any atom is -0.297 e. The molecule has 2 aromatic rings. The van der Waals surface area contributed by atoms with E-state index < -0.39 is 0 Å². The second-order valence-electron chi connectivity index (χ2n) is 5.89. The normalized spacial score (nSPS) is 20.0. The van der Waals surface area contributed by atoms with Crippen LogP contribution in [0.2, 0.25) is 0 Å².